The Balaban J connectivity index is 1.75. The van der Waals surface area contributed by atoms with Crippen LogP contribution in [0.5, 0.6) is 0 Å². The summed E-state index contributed by atoms with van der Waals surface area (Å²) in [6.45, 7) is 5.65. The molecule has 5 nitrogen and oxygen atoms in total. The minimum Gasteiger partial charge on any atom is -0.451 e. The van der Waals surface area contributed by atoms with E-state index in [9.17, 15) is 9.59 Å². The van der Waals surface area contributed by atoms with E-state index in [0.29, 0.717) is 11.1 Å². The fourth-order valence-electron chi connectivity index (χ4n) is 2.74. The van der Waals surface area contributed by atoms with Gasteiger partial charge in [0, 0.05) is 16.5 Å². The quantitative estimate of drug-likeness (QED) is 0.710. The number of rotatable bonds is 2. The summed E-state index contributed by atoms with van der Waals surface area (Å²) in [6.07, 6.45) is 0. The predicted octanol–water partition coefficient (Wildman–Crippen LogP) is 3.43. The summed E-state index contributed by atoms with van der Waals surface area (Å²) in [5.74, 6) is -0.665. The van der Waals surface area contributed by atoms with Crippen molar-refractivity contribution >= 4 is 22.8 Å². The first-order valence-corrected chi connectivity index (χ1v) is 7.63. The van der Waals surface area contributed by atoms with Gasteiger partial charge in [-0.05, 0) is 39.0 Å². The van der Waals surface area contributed by atoms with Gasteiger partial charge >= 0.3 is 5.91 Å². The molecular weight excluding hydrogens is 304 g/mol. The molecule has 0 fully saturated rings. The Bertz CT molecular complexity index is 921. The van der Waals surface area contributed by atoms with Gasteiger partial charge in [-0.25, -0.2) is 0 Å². The lowest BCUT2D eigenvalue weighted by Crippen LogP contribution is -2.41. The number of amides is 2. The summed E-state index contributed by atoms with van der Waals surface area (Å²) in [4.78, 5) is 24.5. The third-order valence-electron chi connectivity index (χ3n) is 3.82. The molecule has 0 aliphatic rings. The van der Waals surface area contributed by atoms with Crippen molar-refractivity contribution in [3.63, 3.8) is 0 Å². The summed E-state index contributed by atoms with van der Waals surface area (Å²) in [7, 11) is 0. The second-order valence-electron chi connectivity index (χ2n) is 5.84. The van der Waals surface area contributed by atoms with E-state index >= 15 is 0 Å². The summed E-state index contributed by atoms with van der Waals surface area (Å²) in [5, 5.41) is 0.878. The average molecular weight is 322 g/mol. The molecule has 5 heteroatoms. The lowest BCUT2D eigenvalue weighted by molar-refractivity contribution is 0.0831. The van der Waals surface area contributed by atoms with Crippen LogP contribution >= 0.6 is 0 Å². The van der Waals surface area contributed by atoms with E-state index in [4.69, 9.17) is 4.42 Å². The second kappa shape index (κ2) is 6.20. The fourth-order valence-corrected chi connectivity index (χ4v) is 2.74. The van der Waals surface area contributed by atoms with Gasteiger partial charge in [-0.2, -0.15) is 0 Å². The van der Waals surface area contributed by atoms with Crippen molar-refractivity contribution in [1.82, 2.24) is 10.9 Å². The van der Waals surface area contributed by atoms with E-state index in [-0.39, 0.29) is 11.7 Å². The van der Waals surface area contributed by atoms with Gasteiger partial charge < -0.3 is 4.42 Å². The van der Waals surface area contributed by atoms with Crippen LogP contribution in [-0.4, -0.2) is 11.8 Å². The summed E-state index contributed by atoms with van der Waals surface area (Å²) < 4.78 is 5.57. The van der Waals surface area contributed by atoms with E-state index in [2.05, 4.69) is 10.9 Å². The van der Waals surface area contributed by atoms with Crippen molar-refractivity contribution in [2.45, 2.75) is 20.8 Å². The first kappa shape index (κ1) is 15.8. The van der Waals surface area contributed by atoms with Gasteiger partial charge in [-0.15, -0.1) is 0 Å². The van der Waals surface area contributed by atoms with Gasteiger partial charge in [0.2, 0.25) is 0 Å². The monoisotopic (exact) mass is 322 g/mol. The van der Waals surface area contributed by atoms with Crippen LogP contribution < -0.4 is 10.9 Å². The van der Waals surface area contributed by atoms with Crippen molar-refractivity contribution < 1.29 is 14.0 Å². The number of hydrazine groups is 1. The average Bonchev–Trinajstić information content (AvgIpc) is 2.89. The van der Waals surface area contributed by atoms with Crippen LogP contribution in [0.2, 0.25) is 0 Å². The highest BCUT2D eigenvalue weighted by Crippen LogP contribution is 2.24. The molecule has 3 aromatic rings. The standard InChI is InChI=1S/C19H18N2O3/c1-11-8-12(2)10-14(9-11)18(22)20-21-19(23)17-13(3)15-6-4-5-7-16(15)24-17/h4-10H,1-3H3,(H,20,22)(H,21,23). The molecule has 2 N–H and O–H groups in total. The topological polar surface area (TPSA) is 71.3 Å². The second-order valence-corrected chi connectivity index (χ2v) is 5.84. The summed E-state index contributed by atoms with van der Waals surface area (Å²) in [5.41, 5.74) is 8.68. The highest BCUT2D eigenvalue weighted by Gasteiger charge is 2.18. The molecule has 3 rings (SSSR count). The van der Waals surface area contributed by atoms with Gasteiger partial charge in [0.05, 0.1) is 0 Å². The smallest absolute Gasteiger partial charge is 0.305 e. The molecule has 2 aromatic carbocycles. The maximum absolute atomic E-state index is 12.3. The SMILES string of the molecule is Cc1cc(C)cc(C(=O)NNC(=O)c2oc3ccccc3c2C)c1. The lowest BCUT2D eigenvalue weighted by atomic mass is 10.1. The van der Waals surface area contributed by atoms with Crippen molar-refractivity contribution in [3.8, 4) is 0 Å². The third-order valence-corrected chi connectivity index (χ3v) is 3.82. The number of para-hydroxylation sites is 1. The molecule has 0 unspecified atom stereocenters. The first-order valence-electron chi connectivity index (χ1n) is 7.63. The molecule has 1 heterocycles. The number of hydrogen-bond acceptors (Lipinski definition) is 3. The van der Waals surface area contributed by atoms with E-state index < -0.39 is 5.91 Å². The van der Waals surface area contributed by atoms with Crippen molar-refractivity contribution in [2.24, 2.45) is 0 Å². The van der Waals surface area contributed by atoms with E-state index in [0.717, 1.165) is 22.1 Å². The molecule has 0 atom stereocenters. The first-order chi connectivity index (χ1) is 11.5. The number of furan rings is 1. The van der Waals surface area contributed by atoms with Gasteiger partial charge in [0.1, 0.15) is 5.58 Å². The van der Waals surface area contributed by atoms with E-state index in [1.54, 1.807) is 18.2 Å². The zero-order valence-corrected chi connectivity index (χ0v) is 13.8. The highest BCUT2D eigenvalue weighted by molar-refractivity contribution is 6.01. The Hall–Kier alpha value is -3.08. The molecule has 122 valence electrons. The Morgan fingerprint density at radius 1 is 0.875 bits per heavy atom. The number of hydrogen-bond donors (Lipinski definition) is 2. The Morgan fingerprint density at radius 2 is 1.50 bits per heavy atom. The molecule has 0 spiro atoms. The number of benzene rings is 2. The van der Waals surface area contributed by atoms with Crippen LogP contribution in [0, 0.1) is 20.8 Å². The largest absolute Gasteiger partial charge is 0.451 e. The number of fused-ring (bicyclic) bond motifs is 1. The van der Waals surface area contributed by atoms with Gasteiger partial charge in [0.25, 0.3) is 5.91 Å². The number of nitrogens with one attached hydrogen (secondary N) is 2. The normalized spacial score (nSPS) is 10.6. The Morgan fingerprint density at radius 3 is 2.17 bits per heavy atom. The molecule has 0 bridgehead atoms. The molecular formula is C19H18N2O3. The van der Waals surface area contributed by atoms with Gasteiger partial charge in [0.15, 0.2) is 5.76 Å². The van der Waals surface area contributed by atoms with Crippen molar-refractivity contribution in [1.29, 1.82) is 0 Å². The van der Waals surface area contributed by atoms with Crippen molar-refractivity contribution in [3.05, 3.63) is 70.5 Å². The Kier molecular flexibility index (Phi) is 4.08. The van der Waals surface area contributed by atoms with Crippen LogP contribution in [0.3, 0.4) is 0 Å². The minimum absolute atomic E-state index is 0.192. The summed E-state index contributed by atoms with van der Waals surface area (Å²) >= 11 is 0. The molecule has 0 saturated heterocycles. The highest BCUT2D eigenvalue weighted by atomic mass is 16.3. The van der Waals surface area contributed by atoms with E-state index in [1.165, 1.54) is 0 Å². The van der Waals surface area contributed by atoms with Crippen LogP contribution in [-0.2, 0) is 0 Å². The maximum Gasteiger partial charge on any atom is 0.305 e. The van der Waals surface area contributed by atoms with Crippen LogP contribution in [0.15, 0.2) is 46.9 Å². The van der Waals surface area contributed by atoms with Crippen LogP contribution in [0.4, 0.5) is 0 Å². The van der Waals surface area contributed by atoms with Crippen molar-refractivity contribution in [2.75, 3.05) is 0 Å². The predicted molar refractivity (Wildman–Crippen MR) is 91.8 cm³/mol. The zero-order valence-electron chi connectivity index (χ0n) is 13.8. The van der Waals surface area contributed by atoms with Crippen LogP contribution in [0.25, 0.3) is 11.0 Å². The molecule has 0 aliphatic heterocycles. The summed E-state index contributed by atoms with van der Waals surface area (Å²) in [6, 6.07) is 12.9. The molecule has 24 heavy (non-hydrogen) atoms. The number of carbonyl (C=O) groups is 2. The molecule has 0 saturated carbocycles. The zero-order chi connectivity index (χ0) is 17.3. The molecule has 0 aliphatic carbocycles. The number of carbonyl (C=O) groups excluding carboxylic acids is 2. The molecule has 0 radical (unpaired) electrons. The van der Waals surface area contributed by atoms with Gasteiger partial charge in [-0.1, -0.05) is 35.4 Å². The maximum atomic E-state index is 12.3. The van der Waals surface area contributed by atoms with Crippen LogP contribution in [0.1, 0.15) is 37.6 Å². The Labute approximate surface area is 139 Å². The minimum atomic E-state index is -0.485. The molecule has 2 amide bonds. The lowest BCUT2D eigenvalue weighted by Gasteiger charge is -2.08. The fraction of sp³-hybridized carbons (Fsp3) is 0.158. The molecule has 1 aromatic heterocycles. The van der Waals surface area contributed by atoms with Gasteiger partial charge in [-0.3, -0.25) is 20.4 Å². The number of aryl methyl sites for hydroxylation is 3. The van der Waals surface area contributed by atoms with E-state index in [1.807, 2.05) is 45.0 Å². The third kappa shape index (κ3) is 3.01.